The number of rotatable bonds is 8. The van der Waals surface area contributed by atoms with E-state index in [9.17, 15) is 4.79 Å². The standard InChI is InChI=1S/C21H28N4O2.HI/c1-16-9-10-18(19(13-16)27-3)15-25-21(22-2)23-12-11-20(26)24-14-17-7-5-4-6-8-17;/h4-10,13H,11-12,14-15H2,1-3H3,(H,24,26)(H2,22,23,25);1H. The molecule has 3 N–H and O–H groups in total. The van der Waals surface area contributed by atoms with E-state index in [1.54, 1.807) is 14.2 Å². The van der Waals surface area contributed by atoms with Gasteiger partial charge in [0.2, 0.25) is 5.91 Å². The minimum atomic E-state index is 0. The first-order valence-electron chi connectivity index (χ1n) is 9.01. The van der Waals surface area contributed by atoms with Gasteiger partial charge < -0.3 is 20.7 Å². The number of carbonyl (C=O) groups excluding carboxylic acids is 1. The van der Waals surface area contributed by atoms with Crippen LogP contribution < -0.4 is 20.7 Å². The van der Waals surface area contributed by atoms with Gasteiger partial charge in [0.05, 0.1) is 7.11 Å². The van der Waals surface area contributed by atoms with Crippen molar-refractivity contribution in [2.75, 3.05) is 20.7 Å². The summed E-state index contributed by atoms with van der Waals surface area (Å²) >= 11 is 0. The van der Waals surface area contributed by atoms with Crippen LogP contribution in [0.25, 0.3) is 0 Å². The molecule has 28 heavy (non-hydrogen) atoms. The molecule has 0 aliphatic rings. The Morgan fingerprint density at radius 2 is 1.79 bits per heavy atom. The van der Waals surface area contributed by atoms with Gasteiger partial charge in [-0.3, -0.25) is 9.79 Å². The summed E-state index contributed by atoms with van der Waals surface area (Å²) in [4.78, 5) is 16.1. The number of nitrogens with zero attached hydrogens (tertiary/aromatic N) is 1. The van der Waals surface area contributed by atoms with Gasteiger partial charge in [0.15, 0.2) is 5.96 Å². The molecule has 0 saturated carbocycles. The Morgan fingerprint density at radius 3 is 2.46 bits per heavy atom. The van der Waals surface area contributed by atoms with Crippen molar-refractivity contribution >= 4 is 35.8 Å². The topological polar surface area (TPSA) is 74.8 Å². The average molecular weight is 496 g/mol. The zero-order valence-electron chi connectivity index (χ0n) is 16.6. The fourth-order valence-electron chi connectivity index (χ4n) is 2.58. The molecule has 0 heterocycles. The Hall–Kier alpha value is -2.29. The number of carbonyl (C=O) groups is 1. The van der Waals surface area contributed by atoms with Gasteiger partial charge in [-0.2, -0.15) is 0 Å². The van der Waals surface area contributed by atoms with E-state index >= 15 is 0 Å². The van der Waals surface area contributed by atoms with E-state index in [2.05, 4.69) is 20.9 Å². The van der Waals surface area contributed by atoms with Gasteiger partial charge in [0.1, 0.15) is 5.75 Å². The summed E-state index contributed by atoms with van der Waals surface area (Å²) in [6.45, 7) is 3.66. The van der Waals surface area contributed by atoms with Crippen LogP contribution in [0.1, 0.15) is 23.1 Å². The number of methoxy groups -OCH3 is 1. The third kappa shape index (κ3) is 8.16. The van der Waals surface area contributed by atoms with Gasteiger partial charge in [0, 0.05) is 38.7 Å². The monoisotopic (exact) mass is 496 g/mol. The Kier molecular flexibility index (Phi) is 11.0. The quantitative estimate of drug-likeness (QED) is 0.299. The number of ether oxygens (including phenoxy) is 1. The smallest absolute Gasteiger partial charge is 0.222 e. The second-order valence-corrected chi connectivity index (χ2v) is 6.18. The number of hydrogen-bond donors (Lipinski definition) is 3. The van der Waals surface area contributed by atoms with E-state index in [0.717, 1.165) is 22.4 Å². The highest BCUT2D eigenvalue weighted by Crippen LogP contribution is 2.19. The highest BCUT2D eigenvalue weighted by atomic mass is 127. The average Bonchev–Trinajstić information content (AvgIpc) is 2.70. The van der Waals surface area contributed by atoms with Crippen molar-refractivity contribution in [2.45, 2.75) is 26.4 Å². The zero-order valence-corrected chi connectivity index (χ0v) is 18.9. The first-order chi connectivity index (χ1) is 13.1. The Labute approximate surface area is 184 Å². The van der Waals surface area contributed by atoms with Crippen LogP contribution in [-0.2, 0) is 17.9 Å². The summed E-state index contributed by atoms with van der Waals surface area (Å²) in [7, 11) is 3.37. The maximum Gasteiger partial charge on any atom is 0.222 e. The molecule has 2 rings (SSSR count). The predicted molar refractivity (Wildman–Crippen MR) is 124 cm³/mol. The van der Waals surface area contributed by atoms with Crippen molar-refractivity contribution in [3.63, 3.8) is 0 Å². The van der Waals surface area contributed by atoms with Gasteiger partial charge >= 0.3 is 0 Å². The van der Waals surface area contributed by atoms with Gasteiger partial charge in [-0.05, 0) is 24.1 Å². The number of aryl methyl sites for hydroxylation is 1. The summed E-state index contributed by atoms with van der Waals surface area (Å²) in [5.41, 5.74) is 3.29. The molecule has 0 bridgehead atoms. The lowest BCUT2D eigenvalue weighted by molar-refractivity contribution is -0.121. The summed E-state index contributed by atoms with van der Waals surface area (Å²) < 4.78 is 5.41. The molecule has 0 aliphatic carbocycles. The van der Waals surface area contributed by atoms with Crippen molar-refractivity contribution < 1.29 is 9.53 Å². The summed E-state index contributed by atoms with van der Waals surface area (Å²) in [6.07, 6.45) is 0.376. The van der Waals surface area contributed by atoms with Gasteiger partial charge in [-0.25, -0.2) is 0 Å². The molecule has 2 aromatic rings. The maximum atomic E-state index is 12.0. The van der Waals surface area contributed by atoms with Crippen molar-refractivity contribution in [3.05, 3.63) is 65.2 Å². The molecule has 0 radical (unpaired) electrons. The number of hydrogen-bond acceptors (Lipinski definition) is 3. The molecule has 0 saturated heterocycles. The molecular weight excluding hydrogens is 467 g/mol. The van der Waals surface area contributed by atoms with E-state index in [-0.39, 0.29) is 29.9 Å². The third-order valence-corrected chi connectivity index (χ3v) is 4.09. The molecule has 0 unspecified atom stereocenters. The Balaban J connectivity index is 0.00000392. The fourth-order valence-corrected chi connectivity index (χ4v) is 2.58. The van der Waals surface area contributed by atoms with Crippen LogP contribution in [-0.4, -0.2) is 32.6 Å². The molecular formula is C21H29IN4O2. The SMILES string of the molecule is CN=C(NCCC(=O)NCc1ccccc1)NCc1ccc(C)cc1OC.I. The second-order valence-electron chi connectivity index (χ2n) is 6.18. The van der Waals surface area contributed by atoms with Crippen LogP contribution in [0.4, 0.5) is 0 Å². The van der Waals surface area contributed by atoms with Crippen molar-refractivity contribution in [2.24, 2.45) is 4.99 Å². The molecule has 0 aliphatic heterocycles. The predicted octanol–water partition coefficient (Wildman–Crippen LogP) is 2.99. The van der Waals surface area contributed by atoms with Crippen LogP contribution in [0, 0.1) is 6.92 Å². The highest BCUT2D eigenvalue weighted by Gasteiger charge is 2.06. The minimum absolute atomic E-state index is 0. The molecule has 7 heteroatoms. The molecule has 0 spiro atoms. The Bertz CT molecular complexity index is 766. The largest absolute Gasteiger partial charge is 0.496 e. The van der Waals surface area contributed by atoms with Crippen molar-refractivity contribution in [1.82, 2.24) is 16.0 Å². The lowest BCUT2D eigenvalue weighted by atomic mass is 10.1. The lowest BCUT2D eigenvalue weighted by Gasteiger charge is -2.14. The van der Waals surface area contributed by atoms with E-state index in [4.69, 9.17) is 4.74 Å². The number of nitrogens with one attached hydrogen (secondary N) is 3. The first-order valence-corrected chi connectivity index (χ1v) is 9.01. The highest BCUT2D eigenvalue weighted by molar-refractivity contribution is 14.0. The zero-order chi connectivity index (χ0) is 19.5. The molecule has 2 aromatic carbocycles. The normalized spacial score (nSPS) is 10.6. The maximum absolute atomic E-state index is 12.0. The molecule has 1 amide bonds. The van der Waals surface area contributed by atoms with E-state index in [1.165, 1.54) is 0 Å². The molecule has 0 fully saturated rings. The first kappa shape index (κ1) is 23.7. The molecule has 6 nitrogen and oxygen atoms in total. The van der Waals surface area contributed by atoms with Crippen LogP contribution in [0.15, 0.2) is 53.5 Å². The number of guanidine groups is 1. The molecule has 0 aromatic heterocycles. The third-order valence-electron chi connectivity index (χ3n) is 4.09. The Morgan fingerprint density at radius 1 is 1.04 bits per heavy atom. The van der Waals surface area contributed by atoms with E-state index in [0.29, 0.717) is 32.0 Å². The van der Waals surface area contributed by atoms with Crippen LogP contribution in [0.2, 0.25) is 0 Å². The van der Waals surface area contributed by atoms with Gasteiger partial charge in [-0.1, -0.05) is 42.5 Å². The summed E-state index contributed by atoms with van der Waals surface area (Å²) in [5, 5.41) is 9.31. The van der Waals surface area contributed by atoms with Crippen molar-refractivity contribution in [1.29, 1.82) is 0 Å². The number of amides is 1. The number of benzene rings is 2. The minimum Gasteiger partial charge on any atom is -0.496 e. The van der Waals surface area contributed by atoms with E-state index in [1.807, 2.05) is 55.5 Å². The van der Waals surface area contributed by atoms with Gasteiger partial charge in [0.25, 0.3) is 0 Å². The van der Waals surface area contributed by atoms with E-state index < -0.39 is 0 Å². The summed E-state index contributed by atoms with van der Waals surface area (Å²) in [5.74, 6) is 1.49. The van der Waals surface area contributed by atoms with Crippen LogP contribution in [0.5, 0.6) is 5.75 Å². The van der Waals surface area contributed by atoms with Crippen LogP contribution >= 0.6 is 24.0 Å². The second kappa shape index (κ2) is 13.0. The number of aliphatic imine (C=N–C) groups is 1. The molecule has 152 valence electrons. The lowest BCUT2D eigenvalue weighted by Crippen LogP contribution is -2.38. The molecule has 0 atom stereocenters. The van der Waals surface area contributed by atoms with Gasteiger partial charge in [-0.15, -0.1) is 24.0 Å². The fraction of sp³-hybridized carbons (Fsp3) is 0.333. The van der Waals surface area contributed by atoms with Crippen molar-refractivity contribution in [3.8, 4) is 5.75 Å². The number of halogens is 1. The summed E-state index contributed by atoms with van der Waals surface area (Å²) in [6, 6.07) is 15.9. The van der Waals surface area contributed by atoms with Crippen LogP contribution in [0.3, 0.4) is 0 Å².